The quantitative estimate of drug-likeness (QED) is 0.0243. The third kappa shape index (κ3) is 58.1. The number of allylic oxidation sites excluding steroid dienone is 7. The molecule has 0 heterocycles. The number of carbonyl (C=O) groups is 1. The number of aliphatic hydroxyl groups is 1. The molecule has 436 valence electrons. The highest BCUT2D eigenvalue weighted by atomic mass is 31.2. The van der Waals surface area contributed by atoms with E-state index >= 15 is 0 Å². The van der Waals surface area contributed by atoms with Crippen LogP contribution in [0.4, 0.5) is 0 Å². The van der Waals surface area contributed by atoms with Crippen molar-refractivity contribution >= 4 is 13.7 Å². The summed E-state index contributed by atoms with van der Waals surface area (Å²) in [7, 11) is 1.55. The van der Waals surface area contributed by atoms with Gasteiger partial charge in [-0.3, -0.25) is 13.8 Å². The summed E-state index contributed by atoms with van der Waals surface area (Å²) in [5, 5.41) is 13.9. The number of aliphatic hydroxyl groups excluding tert-OH is 1. The molecule has 0 spiro atoms. The van der Waals surface area contributed by atoms with Gasteiger partial charge in [0.2, 0.25) is 5.91 Å². The Labute approximate surface area is 460 Å². The third-order valence-corrected chi connectivity index (χ3v) is 15.5. The van der Waals surface area contributed by atoms with Crippen molar-refractivity contribution in [3.63, 3.8) is 0 Å². The zero-order valence-electron chi connectivity index (χ0n) is 49.8. The van der Waals surface area contributed by atoms with Crippen molar-refractivity contribution in [2.45, 2.75) is 321 Å². The van der Waals surface area contributed by atoms with Crippen LogP contribution in [0.25, 0.3) is 0 Å². The van der Waals surface area contributed by atoms with Gasteiger partial charge in [0.1, 0.15) is 13.2 Å². The number of rotatable bonds is 59. The molecule has 0 radical (unpaired) electrons. The summed E-state index contributed by atoms with van der Waals surface area (Å²) in [6, 6.07) is -0.868. The van der Waals surface area contributed by atoms with Crippen LogP contribution < -0.4 is 5.32 Å². The van der Waals surface area contributed by atoms with Crippen LogP contribution in [0.2, 0.25) is 0 Å². The van der Waals surface area contributed by atoms with E-state index in [1.165, 1.54) is 238 Å². The van der Waals surface area contributed by atoms with Gasteiger partial charge in [-0.2, -0.15) is 0 Å². The number of hydrogen-bond donors (Lipinski definition) is 3. The molecule has 74 heavy (non-hydrogen) atoms. The highest BCUT2D eigenvalue weighted by Crippen LogP contribution is 2.43. The average molecular weight is 1060 g/mol. The van der Waals surface area contributed by atoms with Gasteiger partial charge in [0, 0.05) is 6.42 Å². The smallest absolute Gasteiger partial charge is 0.387 e. The molecule has 3 unspecified atom stereocenters. The predicted octanol–water partition coefficient (Wildman–Crippen LogP) is 19.9. The Bertz CT molecular complexity index is 1340. The topological polar surface area (TPSA) is 105 Å². The molecule has 0 aliphatic heterocycles. The molecule has 0 bridgehead atoms. The van der Waals surface area contributed by atoms with Gasteiger partial charge >= 0.3 is 7.82 Å². The molecule has 3 N–H and O–H groups in total. The van der Waals surface area contributed by atoms with Crippen LogP contribution in [0.1, 0.15) is 309 Å². The Morgan fingerprint density at radius 2 is 0.743 bits per heavy atom. The van der Waals surface area contributed by atoms with E-state index in [0.717, 1.165) is 51.4 Å². The molecule has 9 heteroatoms. The number of nitrogens with one attached hydrogen (secondary N) is 1. The van der Waals surface area contributed by atoms with Gasteiger partial charge in [-0.15, -0.1) is 0 Å². The first-order chi connectivity index (χ1) is 36.0. The minimum atomic E-state index is -4.35. The van der Waals surface area contributed by atoms with Crippen LogP contribution >= 0.6 is 7.82 Å². The van der Waals surface area contributed by atoms with Crippen molar-refractivity contribution in [2.24, 2.45) is 0 Å². The zero-order valence-corrected chi connectivity index (χ0v) is 50.7. The molecule has 0 aromatic rings. The first kappa shape index (κ1) is 72.5. The fraction of sp³-hybridized carbons (Fsp3) is 0.862. The van der Waals surface area contributed by atoms with E-state index in [9.17, 15) is 19.4 Å². The Morgan fingerprint density at radius 1 is 0.446 bits per heavy atom. The lowest BCUT2D eigenvalue weighted by molar-refractivity contribution is -0.870. The van der Waals surface area contributed by atoms with Crippen LogP contribution in [-0.4, -0.2) is 73.4 Å². The molecule has 3 atom stereocenters. The highest BCUT2D eigenvalue weighted by molar-refractivity contribution is 7.47. The fourth-order valence-corrected chi connectivity index (χ4v) is 10.2. The van der Waals surface area contributed by atoms with Crippen LogP contribution in [-0.2, 0) is 18.4 Å². The second-order valence-corrected chi connectivity index (χ2v) is 24.6. The summed E-state index contributed by atoms with van der Waals surface area (Å²) in [6.45, 7) is 4.77. The fourth-order valence-electron chi connectivity index (χ4n) is 9.48. The maximum absolute atomic E-state index is 13.0. The van der Waals surface area contributed by atoms with Crippen LogP contribution in [0, 0.1) is 0 Å². The second-order valence-electron chi connectivity index (χ2n) is 23.1. The maximum Gasteiger partial charge on any atom is 0.472 e. The molecule has 0 aromatic heterocycles. The summed E-state index contributed by atoms with van der Waals surface area (Å²) in [4.78, 5) is 23.3. The Hall–Kier alpha value is -1.54. The number of carbonyl (C=O) groups excluding carboxylic acids is 1. The molecule has 0 aliphatic carbocycles. The molecule has 8 nitrogen and oxygen atoms in total. The van der Waals surface area contributed by atoms with Gasteiger partial charge in [-0.25, -0.2) is 4.57 Å². The van der Waals surface area contributed by atoms with E-state index in [1.807, 2.05) is 27.2 Å². The van der Waals surface area contributed by atoms with Gasteiger partial charge in [0.05, 0.1) is 39.9 Å². The van der Waals surface area contributed by atoms with Crippen molar-refractivity contribution in [3.8, 4) is 0 Å². The van der Waals surface area contributed by atoms with E-state index in [-0.39, 0.29) is 19.1 Å². The molecular weight excluding hydrogens is 936 g/mol. The zero-order chi connectivity index (χ0) is 54.2. The second kappa shape index (κ2) is 56.2. The summed E-state index contributed by atoms with van der Waals surface area (Å²) in [5.41, 5.74) is 0. The van der Waals surface area contributed by atoms with Gasteiger partial charge in [0.25, 0.3) is 0 Å². The SMILES string of the molecule is CCCCC/C=C/CC/C=C/CC/C=C/C(O)C(COP(=O)(O)OCC[N+](C)(C)C)NC(=O)CCCCCCCCCCCCCCCCCCCCCCCCCCCCC/C=C\CCCCCCCCCC. The Balaban J connectivity index is 3.87. The van der Waals surface area contributed by atoms with Crippen molar-refractivity contribution in [2.75, 3.05) is 40.9 Å². The number of phosphoric acid groups is 1. The predicted molar refractivity (Wildman–Crippen MR) is 323 cm³/mol. The minimum absolute atomic E-state index is 0.0542. The number of phosphoric ester groups is 1. The van der Waals surface area contributed by atoms with E-state index < -0.39 is 20.0 Å². The highest BCUT2D eigenvalue weighted by Gasteiger charge is 2.27. The van der Waals surface area contributed by atoms with Gasteiger partial charge < -0.3 is 19.8 Å². The van der Waals surface area contributed by atoms with E-state index in [2.05, 4.69) is 55.6 Å². The van der Waals surface area contributed by atoms with Crippen molar-refractivity contribution in [3.05, 3.63) is 48.6 Å². The van der Waals surface area contributed by atoms with Crippen LogP contribution in [0.15, 0.2) is 48.6 Å². The van der Waals surface area contributed by atoms with E-state index in [0.29, 0.717) is 17.4 Å². The van der Waals surface area contributed by atoms with E-state index in [1.54, 1.807) is 6.08 Å². The van der Waals surface area contributed by atoms with Gasteiger partial charge in [-0.05, 0) is 70.6 Å². The van der Waals surface area contributed by atoms with Crippen molar-refractivity contribution < 1.29 is 32.9 Å². The third-order valence-electron chi connectivity index (χ3n) is 14.5. The number of hydrogen-bond acceptors (Lipinski definition) is 5. The Kier molecular flexibility index (Phi) is 55.0. The lowest BCUT2D eigenvalue weighted by Crippen LogP contribution is -2.45. The number of quaternary nitrogens is 1. The molecule has 0 saturated heterocycles. The normalized spacial score (nSPS) is 14.1. The minimum Gasteiger partial charge on any atom is -0.387 e. The lowest BCUT2D eigenvalue weighted by Gasteiger charge is -2.25. The number of amides is 1. The lowest BCUT2D eigenvalue weighted by atomic mass is 10.0. The summed E-state index contributed by atoms with van der Waals surface area (Å²) < 4.78 is 23.6. The molecule has 0 aromatic carbocycles. The molecular formula is C65H126N2O6P+. The summed E-state index contributed by atoms with van der Waals surface area (Å²) in [5.74, 6) is -0.187. The van der Waals surface area contributed by atoms with E-state index in [4.69, 9.17) is 9.05 Å². The molecule has 0 fully saturated rings. The summed E-state index contributed by atoms with van der Waals surface area (Å²) in [6.07, 6.45) is 75.6. The Morgan fingerprint density at radius 3 is 1.11 bits per heavy atom. The molecule has 0 aliphatic rings. The number of nitrogens with zero attached hydrogens (tertiary/aromatic N) is 1. The summed E-state index contributed by atoms with van der Waals surface area (Å²) >= 11 is 0. The largest absolute Gasteiger partial charge is 0.472 e. The molecule has 0 rings (SSSR count). The maximum atomic E-state index is 13.0. The standard InChI is InChI=1S/C65H125N2O6P/c1-6-8-10-12-14-16-18-20-21-22-23-24-25-26-27-28-29-30-31-32-33-34-35-36-37-38-39-40-41-42-43-44-45-47-49-51-53-55-57-59-65(69)66-63(62-73-74(70,71)72-61-60-67(3,4)5)64(68)58-56-54-52-50-48-46-19-17-15-13-11-9-7-2/h15,17,22-23,48,50,56,58,63-64,68H,6-14,16,18-21,24-47,49,51-55,57,59-62H2,1-5H3,(H-,66,69,70,71)/p+1/b17-15+,23-22-,50-48+,58-56+. The van der Waals surface area contributed by atoms with Gasteiger partial charge in [-0.1, -0.05) is 281 Å². The van der Waals surface area contributed by atoms with Crippen LogP contribution in [0.5, 0.6) is 0 Å². The number of likely N-dealkylation sites (N-methyl/N-ethyl adjacent to an activating group) is 1. The number of unbranched alkanes of at least 4 members (excludes halogenated alkanes) is 40. The first-order valence-corrected chi connectivity index (χ1v) is 33.5. The average Bonchev–Trinajstić information content (AvgIpc) is 3.36. The van der Waals surface area contributed by atoms with Crippen molar-refractivity contribution in [1.82, 2.24) is 5.32 Å². The van der Waals surface area contributed by atoms with Crippen molar-refractivity contribution in [1.29, 1.82) is 0 Å². The van der Waals surface area contributed by atoms with Crippen LogP contribution in [0.3, 0.4) is 0 Å². The molecule has 1 amide bonds. The first-order valence-electron chi connectivity index (χ1n) is 32.0. The van der Waals surface area contributed by atoms with Gasteiger partial charge in [0.15, 0.2) is 0 Å². The monoisotopic (exact) mass is 1060 g/mol. The molecule has 0 saturated carbocycles.